The number of pyridine rings is 1. The third-order valence-electron chi connectivity index (χ3n) is 9.55. The molecule has 2 aliphatic carbocycles. The molecule has 1 spiro atoms. The molecule has 2 heterocycles. The number of aromatic nitrogens is 1. The molecule has 0 unspecified atom stereocenters. The Morgan fingerprint density at radius 1 is 1.11 bits per heavy atom. The smallest absolute Gasteiger partial charge is 0.329 e. The van der Waals surface area contributed by atoms with Gasteiger partial charge in [0.25, 0.3) is 0 Å². The van der Waals surface area contributed by atoms with Crippen molar-refractivity contribution >= 4 is 44.8 Å². The van der Waals surface area contributed by atoms with Crippen molar-refractivity contribution < 1.29 is 24.1 Å². The molecule has 0 saturated heterocycles. The molecular weight excluding hydrogens is 596 g/mol. The summed E-state index contributed by atoms with van der Waals surface area (Å²) in [7, 11) is 1.67. The Balaban J connectivity index is 1.24. The van der Waals surface area contributed by atoms with Crippen LogP contribution in [0.25, 0.3) is 10.2 Å². The molecule has 1 fully saturated rings. The van der Waals surface area contributed by atoms with Crippen molar-refractivity contribution in [2.45, 2.75) is 56.4 Å². The van der Waals surface area contributed by atoms with Crippen LogP contribution in [-0.2, 0) is 21.4 Å². The van der Waals surface area contributed by atoms with E-state index < -0.39 is 11.5 Å². The Morgan fingerprint density at radius 2 is 1.95 bits per heavy atom. The van der Waals surface area contributed by atoms with Crippen LogP contribution in [0.15, 0.2) is 66.2 Å². The predicted molar refractivity (Wildman–Crippen MR) is 175 cm³/mol. The Kier molecular flexibility index (Phi) is 9.03. The third-order valence-corrected chi connectivity index (χ3v) is 10.7. The van der Waals surface area contributed by atoms with Crippen LogP contribution >= 0.6 is 22.9 Å². The number of fused-ring (bicyclic) bond motifs is 3. The molecule has 6 rings (SSSR count). The lowest BCUT2D eigenvalue weighted by molar-refractivity contribution is -0.144. The standard InChI is InChI=1S/C35H39ClN2O5S/c1-23(22-43-31-8-14-37-30-9-17-44-32(30)31)18-25-19-24-6-7-28(42-16-15-41-2)21-29(24)34(25)10-12-35(13-11-34,33(39)40)38-27-5-3-4-26(36)20-27/h3-9,14,17,20-21,23,25,38H,10-13,15-16,18-19,22H2,1-2H3,(H,39,40)/t23-,25+,34?,35?/m1/s1. The van der Waals surface area contributed by atoms with Crippen LogP contribution in [0.2, 0.25) is 5.02 Å². The van der Waals surface area contributed by atoms with Crippen molar-refractivity contribution in [2.75, 3.05) is 32.2 Å². The summed E-state index contributed by atoms with van der Waals surface area (Å²) in [5, 5.41) is 16.5. The van der Waals surface area contributed by atoms with Gasteiger partial charge in [0.15, 0.2) is 0 Å². The van der Waals surface area contributed by atoms with Crippen molar-refractivity contribution in [3.05, 3.63) is 82.3 Å². The summed E-state index contributed by atoms with van der Waals surface area (Å²) in [6.07, 6.45) is 6.30. The summed E-state index contributed by atoms with van der Waals surface area (Å²) in [5.41, 5.74) is 3.14. The van der Waals surface area contributed by atoms with E-state index in [1.807, 2.05) is 29.6 Å². The number of nitrogens with one attached hydrogen (secondary N) is 1. The van der Waals surface area contributed by atoms with Gasteiger partial charge in [0.2, 0.25) is 0 Å². The van der Waals surface area contributed by atoms with Gasteiger partial charge in [-0.1, -0.05) is 30.7 Å². The zero-order chi connectivity index (χ0) is 30.7. The first kappa shape index (κ1) is 30.7. The van der Waals surface area contributed by atoms with Gasteiger partial charge in [0.1, 0.15) is 23.6 Å². The minimum absolute atomic E-state index is 0.142. The number of carboxylic acid groups (broad SMARTS) is 1. The maximum Gasteiger partial charge on any atom is 0.329 e. The van der Waals surface area contributed by atoms with E-state index in [-0.39, 0.29) is 5.41 Å². The molecule has 0 aliphatic heterocycles. The number of rotatable bonds is 12. The van der Waals surface area contributed by atoms with Gasteiger partial charge in [-0.15, -0.1) is 11.3 Å². The molecule has 2 atom stereocenters. The molecule has 0 radical (unpaired) electrons. The van der Waals surface area contributed by atoms with Crippen molar-refractivity contribution in [3.8, 4) is 11.5 Å². The van der Waals surface area contributed by atoms with Gasteiger partial charge in [0.05, 0.1) is 23.4 Å². The lowest BCUT2D eigenvalue weighted by Gasteiger charge is -2.47. The molecule has 0 bridgehead atoms. The number of thiophene rings is 1. The minimum Gasteiger partial charge on any atom is -0.492 e. The van der Waals surface area contributed by atoms with Crippen LogP contribution in [-0.4, -0.2) is 48.5 Å². The van der Waals surface area contributed by atoms with E-state index in [1.54, 1.807) is 36.8 Å². The summed E-state index contributed by atoms with van der Waals surface area (Å²) in [6, 6.07) is 17.7. The van der Waals surface area contributed by atoms with E-state index in [4.69, 9.17) is 25.8 Å². The number of methoxy groups -OCH3 is 1. The van der Waals surface area contributed by atoms with Crippen LogP contribution in [0.1, 0.15) is 50.2 Å². The summed E-state index contributed by atoms with van der Waals surface area (Å²) < 4.78 is 18.7. The summed E-state index contributed by atoms with van der Waals surface area (Å²) in [5.74, 6) is 1.57. The highest BCUT2D eigenvalue weighted by Gasteiger charge is 2.54. The Labute approximate surface area is 267 Å². The lowest BCUT2D eigenvalue weighted by Crippen LogP contribution is -2.53. The van der Waals surface area contributed by atoms with Crippen molar-refractivity contribution in [1.29, 1.82) is 0 Å². The number of carbonyl (C=O) groups is 1. The molecule has 2 aliphatic rings. The molecule has 7 nitrogen and oxygen atoms in total. The van der Waals surface area contributed by atoms with Crippen molar-refractivity contribution in [2.24, 2.45) is 11.8 Å². The highest BCUT2D eigenvalue weighted by atomic mass is 35.5. The van der Waals surface area contributed by atoms with E-state index in [1.165, 1.54) is 11.1 Å². The highest BCUT2D eigenvalue weighted by Crippen LogP contribution is 2.56. The normalized spacial score (nSPS) is 23.4. The number of aliphatic carboxylic acids is 1. The topological polar surface area (TPSA) is 89.9 Å². The van der Waals surface area contributed by atoms with E-state index in [0.717, 1.165) is 53.1 Å². The number of halogens is 1. The summed E-state index contributed by atoms with van der Waals surface area (Å²) >= 11 is 7.89. The number of hydrogen-bond donors (Lipinski definition) is 2. The van der Waals surface area contributed by atoms with Gasteiger partial charge in [-0.05, 0) is 115 Å². The summed E-state index contributed by atoms with van der Waals surface area (Å²) in [6.45, 7) is 3.88. The SMILES string of the molecule is COCCOc1ccc2c(c1)C1(CCC(Nc3cccc(Cl)c3)(C(=O)O)CC1)[C@@H](C[C@@H](C)COc1ccnc3ccsc13)C2. The predicted octanol–water partition coefficient (Wildman–Crippen LogP) is 8.00. The summed E-state index contributed by atoms with van der Waals surface area (Å²) in [4.78, 5) is 17.3. The second-order valence-corrected chi connectivity index (χ2v) is 13.7. The minimum atomic E-state index is -1.06. The first-order valence-electron chi connectivity index (χ1n) is 15.3. The average molecular weight is 635 g/mol. The Hall–Kier alpha value is -3.33. The number of carboxylic acids is 1. The third kappa shape index (κ3) is 6.12. The van der Waals surface area contributed by atoms with E-state index in [0.29, 0.717) is 49.5 Å². The fourth-order valence-electron chi connectivity index (χ4n) is 7.30. The number of hydrogen-bond acceptors (Lipinski definition) is 7. The molecule has 44 heavy (non-hydrogen) atoms. The maximum absolute atomic E-state index is 12.8. The number of benzene rings is 2. The van der Waals surface area contributed by atoms with Gasteiger partial charge < -0.3 is 24.6 Å². The largest absolute Gasteiger partial charge is 0.492 e. The van der Waals surface area contributed by atoms with E-state index in [2.05, 4.69) is 35.4 Å². The molecule has 232 valence electrons. The van der Waals surface area contributed by atoms with Crippen LogP contribution < -0.4 is 14.8 Å². The van der Waals surface area contributed by atoms with Gasteiger partial charge in [-0.3, -0.25) is 4.98 Å². The fourth-order valence-corrected chi connectivity index (χ4v) is 8.31. The Bertz CT molecular complexity index is 1620. The maximum atomic E-state index is 12.8. The van der Waals surface area contributed by atoms with Crippen molar-refractivity contribution in [3.63, 3.8) is 0 Å². The monoisotopic (exact) mass is 634 g/mol. The first-order valence-corrected chi connectivity index (χ1v) is 16.5. The molecule has 2 aromatic heterocycles. The van der Waals surface area contributed by atoms with Crippen LogP contribution in [0.5, 0.6) is 11.5 Å². The van der Waals surface area contributed by atoms with E-state index in [9.17, 15) is 9.90 Å². The number of nitrogens with zero attached hydrogens (tertiary/aromatic N) is 1. The van der Waals surface area contributed by atoms with Crippen LogP contribution in [0.4, 0.5) is 5.69 Å². The molecule has 4 aromatic rings. The highest BCUT2D eigenvalue weighted by molar-refractivity contribution is 7.17. The number of ether oxygens (including phenoxy) is 3. The second-order valence-electron chi connectivity index (χ2n) is 12.3. The molecule has 2 aromatic carbocycles. The molecule has 1 saturated carbocycles. The zero-order valence-electron chi connectivity index (χ0n) is 25.2. The van der Waals surface area contributed by atoms with Gasteiger partial charge in [-0.2, -0.15) is 0 Å². The molecule has 0 amide bonds. The quantitative estimate of drug-likeness (QED) is 0.153. The van der Waals surface area contributed by atoms with Gasteiger partial charge >= 0.3 is 5.97 Å². The zero-order valence-corrected chi connectivity index (χ0v) is 26.8. The van der Waals surface area contributed by atoms with Crippen LogP contribution in [0.3, 0.4) is 0 Å². The second kappa shape index (κ2) is 13.0. The fraction of sp³-hybridized carbons (Fsp3) is 0.429. The molecular formula is C35H39ClN2O5S. The van der Waals surface area contributed by atoms with Gasteiger partial charge in [0, 0.05) is 24.0 Å². The average Bonchev–Trinajstić information content (AvgIpc) is 3.61. The first-order chi connectivity index (χ1) is 21.3. The molecule has 9 heteroatoms. The van der Waals surface area contributed by atoms with Crippen LogP contribution in [0, 0.1) is 11.8 Å². The van der Waals surface area contributed by atoms with E-state index >= 15 is 0 Å². The molecule has 2 N–H and O–H groups in total. The van der Waals surface area contributed by atoms with Gasteiger partial charge in [-0.25, -0.2) is 4.79 Å². The van der Waals surface area contributed by atoms with Crippen molar-refractivity contribution in [1.82, 2.24) is 4.98 Å². The Morgan fingerprint density at radius 3 is 2.73 bits per heavy atom. The number of anilines is 1. The lowest BCUT2D eigenvalue weighted by atomic mass is 9.59.